The van der Waals surface area contributed by atoms with E-state index in [1.807, 2.05) is 68.4 Å². The Morgan fingerprint density at radius 2 is 1.54 bits per heavy atom. The van der Waals surface area contributed by atoms with E-state index < -0.39 is 12.1 Å². The van der Waals surface area contributed by atoms with Crippen molar-refractivity contribution in [3.05, 3.63) is 100 Å². The third-order valence-corrected chi connectivity index (χ3v) is 7.08. The molecule has 0 radical (unpaired) electrons. The zero-order valence-electron chi connectivity index (χ0n) is 22.2. The lowest BCUT2D eigenvalue weighted by Crippen LogP contribution is -2.30. The van der Waals surface area contributed by atoms with Crippen molar-refractivity contribution in [2.45, 2.75) is 33.8 Å². The fraction of sp³-hybridized carbons (Fsp3) is 0.194. The predicted molar refractivity (Wildman–Crippen MR) is 155 cm³/mol. The molecular weight excluding hydrogens is 512 g/mol. The molecule has 0 unspecified atom stereocenters. The molecule has 4 rings (SSSR count). The Bertz CT molecular complexity index is 1480. The fourth-order valence-corrected chi connectivity index (χ4v) is 5.11. The van der Waals surface area contributed by atoms with Crippen LogP contribution in [0, 0.1) is 13.8 Å². The van der Waals surface area contributed by atoms with Gasteiger partial charge in [-0.3, -0.25) is 9.59 Å². The van der Waals surface area contributed by atoms with Crippen LogP contribution in [0.1, 0.15) is 45.0 Å². The molecule has 8 heteroatoms. The third-order valence-electron chi connectivity index (χ3n) is 6.05. The molecule has 1 aromatic heterocycles. The van der Waals surface area contributed by atoms with E-state index in [4.69, 9.17) is 9.47 Å². The van der Waals surface area contributed by atoms with Crippen molar-refractivity contribution in [3.63, 3.8) is 0 Å². The van der Waals surface area contributed by atoms with E-state index in [0.717, 1.165) is 27.3 Å². The van der Waals surface area contributed by atoms with E-state index in [-0.39, 0.29) is 18.4 Å². The fourth-order valence-electron chi connectivity index (χ4n) is 4.05. The number of anilines is 2. The van der Waals surface area contributed by atoms with Gasteiger partial charge in [-0.2, -0.15) is 0 Å². The number of benzene rings is 3. The minimum Gasteiger partial charge on any atom is -0.481 e. The van der Waals surface area contributed by atoms with Crippen molar-refractivity contribution < 1.29 is 23.9 Å². The first-order valence-corrected chi connectivity index (χ1v) is 13.4. The van der Waals surface area contributed by atoms with Gasteiger partial charge in [-0.05, 0) is 69.2 Å². The molecule has 7 nitrogen and oxygen atoms in total. The largest absolute Gasteiger partial charge is 0.481 e. The molecule has 1 atom stereocenters. The topological polar surface area (TPSA) is 93.7 Å². The molecule has 0 spiro atoms. The summed E-state index contributed by atoms with van der Waals surface area (Å²) in [5, 5.41) is 6.17. The number of esters is 1. The molecular formula is C31H30N2O5S. The van der Waals surface area contributed by atoms with Crippen LogP contribution in [-0.2, 0) is 9.53 Å². The van der Waals surface area contributed by atoms with Gasteiger partial charge in [0.2, 0.25) is 0 Å². The lowest BCUT2D eigenvalue weighted by molar-refractivity contribution is -0.122. The second-order valence-corrected chi connectivity index (χ2v) is 10.1. The number of ether oxygens (including phenoxy) is 2. The maximum absolute atomic E-state index is 13.1. The van der Waals surface area contributed by atoms with Gasteiger partial charge in [-0.25, -0.2) is 4.79 Å². The monoisotopic (exact) mass is 542 g/mol. The van der Waals surface area contributed by atoms with Crippen LogP contribution in [0.5, 0.6) is 5.75 Å². The van der Waals surface area contributed by atoms with Crippen LogP contribution >= 0.6 is 11.3 Å². The first-order chi connectivity index (χ1) is 18.8. The van der Waals surface area contributed by atoms with Crippen LogP contribution < -0.4 is 15.4 Å². The summed E-state index contributed by atoms with van der Waals surface area (Å²) >= 11 is 1.33. The molecule has 2 N–H and O–H groups in total. The highest BCUT2D eigenvalue weighted by molar-refractivity contribution is 7.17. The number of hydrogen-bond donors (Lipinski definition) is 2. The molecule has 3 aromatic carbocycles. The number of carbonyl (C=O) groups is 3. The number of amides is 2. The Labute approximate surface area is 231 Å². The number of thiophene rings is 1. The summed E-state index contributed by atoms with van der Waals surface area (Å²) in [6.07, 6.45) is -0.748. The molecule has 39 heavy (non-hydrogen) atoms. The van der Waals surface area contributed by atoms with E-state index >= 15 is 0 Å². The molecule has 0 aliphatic carbocycles. The second kappa shape index (κ2) is 12.4. The lowest BCUT2D eigenvalue weighted by Gasteiger charge is -2.16. The van der Waals surface area contributed by atoms with Crippen molar-refractivity contribution >= 4 is 39.8 Å². The quantitative estimate of drug-likeness (QED) is 0.225. The molecule has 200 valence electrons. The molecule has 0 aliphatic heterocycles. The van der Waals surface area contributed by atoms with E-state index in [2.05, 4.69) is 10.6 Å². The standard InChI is InChI=1S/C31H30N2O5S/c1-5-37-31(36)27-26(22-12-7-6-8-13-22)21(4)39-30(27)33-29(35)23-15-17-24(18-16-23)38-20(3)28(34)32-25-14-10-9-11-19(25)2/h6-18,20H,5H2,1-4H3,(H,32,34)(H,33,35)/t20-/m1/s1. The van der Waals surface area contributed by atoms with Gasteiger partial charge >= 0.3 is 5.97 Å². The van der Waals surface area contributed by atoms with Crippen molar-refractivity contribution in [2.24, 2.45) is 0 Å². The van der Waals surface area contributed by atoms with Crippen molar-refractivity contribution in [1.82, 2.24) is 0 Å². The average molecular weight is 543 g/mol. The molecule has 0 fully saturated rings. The Morgan fingerprint density at radius 1 is 0.872 bits per heavy atom. The van der Waals surface area contributed by atoms with Crippen molar-refractivity contribution in [3.8, 4) is 16.9 Å². The Morgan fingerprint density at radius 3 is 2.21 bits per heavy atom. The minimum atomic E-state index is -0.748. The van der Waals surface area contributed by atoms with Gasteiger partial charge in [0.1, 0.15) is 16.3 Å². The Hall–Kier alpha value is -4.43. The summed E-state index contributed by atoms with van der Waals surface area (Å²) < 4.78 is 11.1. The number of carbonyl (C=O) groups excluding carboxylic acids is 3. The van der Waals surface area contributed by atoms with E-state index in [0.29, 0.717) is 21.9 Å². The van der Waals surface area contributed by atoms with E-state index in [1.54, 1.807) is 38.1 Å². The van der Waals surface area contributed by atoms with Gasteiger partial charge in [0.15, 0.2) is 6.10 Å². The Balaban J connectivity index is 1.48. The van der Waals surface area contributed by atoms with Gasteiger partial charge in [0, 0.05) is 21.7 Å². The van der Waals surface area contributed by atoms with E-state index in [9.17, 15) is 14.4 Å². The van der Waals surface area contributed by atoms with Crippen molar-refractivity contribution in [2.75, 3.05) is 17.2 Å². The maximum atomic E-state index is 13.1. The van der Waals surface area contributed by atoms with Crippen LogP contribution in [0.15, 0.2) is 78.9 Å². The van der Waals surface area contributed by atoms with Gasteiger partial charge in [0.05, 0.1) is 6.61 Å². The number of aryl methyl sites for hydroxylation is 2. The summed E-state index contributed by atoms with van der Waals surface area (Å²) in [7, 11) is 0. The van der Waals surface area contributed by atoms with Crippen LogP contribution in [-0.4, -0.2) is 30.5 Å². The van der Waals surface area contributed by atoms with Gasteiger partial charge in [-0.15, -0.1) is 11.3 Å². The van der Waals surface area contributed by atoms with Crippen LogP contribution in [0.2, 0.25) is 0 Å². The molecule has 0 saturated carbocycles. The van der Waals surface area contributed by atoms with Crippen LogP contribution in [0.25, 0.3) is 11.1 Å². The van der Waals surface area contributed by atoms with Gasteiger partial charge in [0.25, 0.3) is 11.8 Å². The van der Waals surface area contributed by atoms with E-state index in [1.165, 1.54) is 11.3 Å². The number of para-hydroxylation sites is 1. The molecule has 4 aromatic rings. The smallest absolute Gasteiger partial charge is 0.341 e. The third kappa shape index (κ3) is 6.53. The molecule has 0 saturated heterocycles. The summed E-state index contributed by atoms with van der Waals surface area (Å²) in [6, 6.07) is 23.5. The first-order valence-electron chi connectivity index (χ1n) is 12.6. The number of rotatable bonds is 9. The summed E-state index contributed by atoms with van der Waals surface area (Å²) in [5.74, 6) is -0.694. The van der Waals surface area contributed by atoms with Crippen LogP contribution in [0.3, 0.4) is 0 Å². The number of nitrogens with one attached hydrogen (secondary N) is 2. The highest BCUT2D eigenvalue weighted by Crippen LogP contribution is 2.40. The highest BCUT2D eigenvalue weighted by atomic mass is 32.1. The highest BCUT2D eigenvalue weighted by Gasteiger charge is 2.26. The molecule has 2 amide bonds. The zero-order valence-corrected chi connectivity index (χ0v) is 23.1. The molecule has 0 bridgehead atoms. The number of hydrogen-bond acceptors (Lipinski definition) is 6. The molecule has 0 aliphatic rings. The van der Waals surface area contributed by atoms with Crippen LogP contribution in [0.4, 0.5) is 10.7 Å². The summed E-state index contributed by atoms with van der Waals surface area (Å²) in [6.45, 7) is 7.45. The minimum absolute atomic E-state index is 0.220. The summed E-state index contributed by atoms with van der Waals surface area (Å²) in [4.78, 5) is 39.5. The lowest BCUT2D eigenvalue weighted by atomic mass is 10.0. The van der Waals surface area contributed by atoms with Crippen molar-refractivity contribution in [1.29, 1.82) is 0 Å². The second-order valence-electron chi connectivity index (χ2n) is 8.87. The van der Waals surface area contributed by atoms with Gasteiger partial charge < -0.3 is 20.1 Å². The normalized spacial score (nSPS) is 11.4. The average Bonchev–Trinajstić information content (AvgIpc) is 3.26. The Kier molecular flexibility index (Phi) is 8.78. The molecule has 1 heterocycles. The van der Waals surface area contributed by atoms with Gasteiger partial charge in [-0.1, -0.05) is 48.5 Å². The first kappa shape index (κ1) is 27.6. The summed E-state index contributed by atoms with van der Waals surface area (Å²) in [5.41, 5.74) is 4.02. The maximum Gasteiger partial charge on any atom is 0.341 e. The SMILES string of the molecule is CCOC(=O)c1c(NC(=O)c2ccc(O[C@H](C)C(=O)Nc3ccccc3C)cc2)sc(C)c1-c1ccccc1. The zero-order chi connectivity index (χ0) is 27.9. The predicted octanol–water partition coefficient (Wildman–Crippen LogP) is 6.87.